The third-order valence-corrected chi connectivity index (χ3v) is 0.688. The van der Waals surface area contributed by atoms with E-state index in [0.29, 0.717) is 0 Å². The van der Waals surface area contributed by atoms with Gasteiger partial charge in [0.05, 0.1) is 0 Å². The maximum atomic E-state index is 10.2. The van der Waals surface area contributed by atoms with Crippen LogP contribution in [-0.4, -0.2) is 57.0 Å². The summed E-state index contributed by atoms with van der Waals surface area (Å²) in [5.74, 6) is 0. The second-order valence-electron chi connectivity index (χ2n) is 1.68. The zero-order chi connectivity index (χ0) is 9.61. The van der Waals surface area contributed by atoms with Crippen LogP contribution >= 0.6 is 0 Å². The summed E-state index contributed by atoms with van der Waals surface area (Å²) in [4.78, 5) is 0. The molecule has 0 aromatic carbocycles. The first-order chi connectivity index (χ1) is 5.39. The third kappa shape index (κ3) is 37.5. The normalized spacial score (nSPS) is 7.38. The molecule has 1 rings (SSSR count). The Kier molecular flexibility index (Phi) is 26.7. The summed E-state index contributed by atoms with van der Waals surface area (Å²) >= 11 is 0. The number of rotatable bonds is 0. The largest absolute Gasteiger partial charge is 2.00 e. The van der Waals surface area contributed by atoms with Crippen LogP contribution in [0.4, 0.5) is 0 Å². The minimum Gasteiger partial charge on any atom is -1.00 e. The first-order valence-electron chi connectivity index (χ1n) is 2.73. The molecule has 0 saturated heterocycles. The van der Waals surface area contributed by atoms with Crippen LogP contribution in [0.5, 0.6) is 0 Å². The van der Waals surface area contributed by atoms with Gasteiger partial charge in [0.15, 0.2) is 12.4 Å². The molecule has 1 aromatic rings. The van der Waals surface area contributed by atoms with Crippen LogP contribution in [-0.2, 0) is 10.4 Å². The van der Waals surface area contributed by atoms with Crippen molar-refractivity contribution in [3.05, 3.63) is 35.8 Å². The summed E-state index contributed by atoms with van der Waals surface area (Å²) in [6.07, 6.45) is 2.89. The van der Waals surface area contributed by atoms with Gasteiger partial charge in [-0.25, -0.2) is 0 Å². The monoisotopic (exact) mass is 273 g/mol. The zero-order valence-electron chi connectivity index (χ0n) is 10.1. The zero-order valence-corrected chi connectivity index (χ0v) is 10.3. The fourth-order valence-electron chi connectivity index (χ4n) is 0.383. The molecule has 0 radical (unpaired) electrons. The second kappa shape index (κ2) is 14.5. The van der Waals surface area contributed by atoms with Crippen LogP contribution in [0.3, 0.4) is 0 Å². The molecule has 8 N–H and O–H groups in total. The summed E-state index contributed by atoms with van der Waals surface area (Å²) in [7, 11) is -4.67. The molecule has 1 heterocycles. The molecule has 0 fully saturated rings. The van der Waals surface area contributed by atoms with Gasteiger partial charge in [0.1, 0.15) is 0 Å². The molecule has 0 aliphatic carbocycles. The van der Waals surface area contributed by atoms with E-state index < -0.39 is 10.4 Å². The molecule has 0 spiro atoms. The molecule has 0 atom stereocenters. The van der Waals surface area contributed by atoms with E-state index in [4.69, 9.17) is 17.5 Å². The van der Waals surface area contributed by atoms with E-state index in [1.807, 2.05) is 0 Å². The summed E-state index contributed by atoms with van der Waals surface area (Å²) in [5.41, 5.74) is 0. The average molecular weight is 274 g/mol. The van der Waals surface area contributed by atoms with Gasteiger partial charge in [0.2, 0.25) is 0 Å². The molecule has 0 aliphatic rings. The molecule has 0 aliphatic heterocycles. The molecular weight excluding hydrogens is 258 g/mol. The summed E-state index contributed by atoms with van der Waals surface area (Å²) in [5, 5.41) is 10.2. The van der Waals surface area contributed by atoms with Gasteiger partial charge < -0.3 is 24.5 Å². The SMILES string of the molecule is O.O.O.O=S(=O)(O)O.[H-].[H-].[Mg+2].[O-][n+]1ccccc1. The Labute approximate surface area is 111 Å². The molecule has 1 aromatic heterocycles. The molecule has 0 bridgehead atoms. The summed E-state index contributed by atoms with van der Waals surface area (Å²) in [6, 6.07) is 5.18. The number of nitrogens with zero attached hydrogens (tertiary/aromatic N) is 1. The van der Waals surface area contributed by atoms with Crippen LogP contribution in [0.15, 0.2) is 30.6 Å². The van der Waals surface area contributed by atoms with Crippen molar-refractivity contribution >= 4 is 33.5 Å². The number of aromatic nitrogens is 1. The van der Waals surface area contributed by atoms with Crippen molar-refractivity contribution in [3.63, 3.8) is 0 Å². The van der Waals surface area contributed by atoms with Gasteiger partial charge in [0.25, 0.3) is 0 Å². The molecule has 11 heteroatoms. The van der Waals surface area contributed by atoms with Gasteiger partial charge in [-0.2, -0.15) is 13.1 Å². The molecule has 0 unspecified atom stereocenters. The third-order valence-electron chi connectivity index (χ3n) is 0.688. The Hall–Kier alpha value is -0.534. The molecule has 16 heavy (non-hydrogen) atoms. The van der Waals surface area contributed by atoms with Crippen molar-refractivity contribution in [2.24, 2.45) is 0 Å². The minimum absolute atomic E-state index is 0. The topological polar surface area (TPSA) is 196 Å². The van der Waals surface area contributed by atoms with E-state index in [-0.39, 0.29) is 42.3 Å². The number of pyridine rings is 1. The predicted octanol–water partition coefficient (Wildman–Crippen LogP) is -2.96. The predicted molar refractivity (Wildman–Crippen MR) is 58.4 cm³/mol. The van der Waals surface area contributed by atoms with E-state index in [2.05, 4.69) is 0 Å². The van der Waals surface area contributed by atoms with E-state index in [1.54, 1.807) is 18.2 Å². The van der Waals surface area contributed by atoms with Crippen LogP contribution in [0.2, 0.25) is 0 Å². The fourth-order valence-corrected chi connectivity index (χ4v) is 0.383. The van der Waals surface area contributed by atoms with Crippen molar-refractivity contribution in [1.82, 2.24) is 0 Å². The van der Waals surface area contributed by atoms with Gasteiger partial charge in [-0.1, -0.05) is 6.07 Å². The van der Waals surface area contributed by atoms with Gasteiger partial charge in [-0.05, 0) is 0 Å². The summed E-state index contributed by atoms with van der Waals surface area (Å²) in [6.45, 7) is 0. The van der Waals surface area contributed by atoms with Crippen LogP contribution in [0.25, 0.3) is 0 Å². The van der Waals surface area contributed by atoms with Crippen LogP contribution < -0.4 is 4.73 Å². The van der Waals surface area contributed by atoms with Gasteiger partial charge in [-0.3, -0.25) is 9.11 Å². The Morgan fingerprint density at radius 3 is 1.38 bits per heavy atom. The minimum atomic E-state index is -4.67. The first-order valence-corrected chi connectivity index (χ1v) is 4.13. The van der Waals surface area contributed by atoms with E-state index in [9.17, 15) is 5.21 Å². The quantitative estimate of drug-likeness (QED) is 0.220. The van der Waals surface area contributed by atoms with Crippen molar-refractivity contribution in [2.75, 3.05) is 0 Å². The smallest absolute Gasteiger partial charge is 1.00 e. The number of hydrogen-bond acceptors (Lipinski definition) is 3. The Morgan fingerprint density at radius 1 is 1.00 bits per heavy atom. The van der Waals surface area contributed by atoms with E-state index in [0.717, 1.165) is 4.73 Å². The first kappa shape index (κ1) is 29.5. The molecule has 9 nitrogen and oxygen atoms in total. The standard InChI is InChI=1S/C5H5NO.Mg.H2O4S.3H2O.2H/c7-6-4-2-1-3-5-6;;1-5(2,3)4;;;;;/h1-5H;;(H2,1,2,3,4);3*1H2;;/q;+2;;;;;2*-1. The van der Waals surface area contributed by atoms with Crippen LogP contribution in [0.1, 0.15) is 2.85 Å². The Balaban J connectivity index is -0.0000000208. The van der Waals surface area contributed by atoms with Crippen molar-refractivity contribution < 1.29 is 41.5 Å². The average Bonchev–Trinajstić information content (AvgIpc) is 1.85. The van der Waals surface area contributed by atoms with Gasteiger partial charge in [0, 0.05) is 12.1 Å². The fraction of sp³-hybridized carbons (Fsp3) is 0. The van der Waals surface area contributed by atoms with Gasteiger partial charge in [-0.15, -0.1) is 0 Å². The number of hydrogen-bond donors (Lipinski definition) is 2. The Bertz CT molecular complexity index is 318. The van der Waals surface area contributed by atoms with Gasteiger partial charge >= 0.3 is 33.5 Å². The Morgan fingerprint density at radius 2 is 1.25 bits per heavy atom. The molecule has 0 saturated carbocycles. The second-order valence-corrected chi connectivity index (χ2v) is 2.58. The van der Waals surface area contributed by atoms with Crippen LogP contribution in [0, 0.1) is 5.21 Å². The van der Waals surface area contributed by atoms with Crippen molar-refractivity contribution in [1.29, 1.82) is 0 Å². The van der Waals surface area contributed by atoms with Crippen molar-refractivity contribution in [2.45, 2.75) is 0 Å². The van der Waals surface area contributed by atoms with Crippen molar-refractivity contribution in [3.8, 4) is 0 Å². The molecule has 0 amide bonds. The maximum absolute atomic E-state index is 10.2. The molecule has 96 valence electrons. The maximum Gasteiger partial charge on any atom is 2.00 e. The van der Waals surface area contributed by atoms with E-state index >= 15 is 0 Å². The molecular formula is C5H15MgNO8S. The van der Waals surface area contributed by atoms with E-state index in [1.165, 1.54) is 12.4 Å². The summed E-state index contributed by atoms with van der Waals surface area (Å²) < 4.78 is 32.3.